The number of hydrogen-bond acceptors (Lipinski definition) is 4. The van der Waals surface area contributed by atoms with Crippen molar-refractivity contribution in [3.63, 3.8) is 0 Å². The lowest BCUT2D eigenvalue weighted by atomic mass is 10.2. The first-order valence-electron chi connectivity index (χ1n) is 8.01. The molecule has 5 nitrogen and oxygen atoms in total. The second-order valence-electron chi connectivity index (χ2n) is 5.49. The monoisotopic (exact) mass is 316 g/mol. The van der Waals surface area contributed by atoms with E-state index in [4.69, 9.17) is 9.15 Å². The zero-order valence-corrected chi connectivity index (χ0v) is 14.0. The molecule has 2 rings (SSSR count). The van der Waals surface area contributed by atoms with Crippen LogP contribution < -0.4 is 10.1 Å². The number of methoxy groups -OCH3 is 1. The van der Waals surface area contributed by atoms with E-state index in [-0.39, 0.29) is 12.3 Å². The lowest BCUT2D eigenvalue weighted by Crippen LogP contribution is -2.26. The molecule has 2 aromatic rings. The van der Waals surface area contributed by atoms with Crippen molar-refractivity contribution in [2.45, 2.75) is 39.5 Å². The standard InChI is InChI=1S/C18H24N2O3/c1-4-5-6-10-19-17(21)12-16-13(2)23-18(20-16)14-8-7-9-15(11-14)22-3/h7-9,11H,4-6,10,12H2,1-3H3,(H,19,21). The first kappa shape index (κ1) is 17.1. The summed E-state index contributed by atoms with van der Waals surface area (Å²) in [4.78, 5) is 16.4. The molecule has 23 heavy (non-hydrogen) atoms. The maximum atomic E-state index is 12.0. The van der Waals surface area contributed by atoms with Gasteiger partial charge in [0, 0.05) is 12.1 Å². The molecule has 0 atom stereocenters. The summed E-state index contributed by atoms with van der Waals surface area (Å²) in [6.07, 6.45) is 3.52. The third kappa shape index (κ3) is 4.84. The molecule has 0 aliphatic heterocycles. The quantitative estimate of drug-likeness (QED) is 0.757. The molecule has 1 aromatic heterocycles. The van der Waals surface area contributed by atoms with Gasteiger partial charge in [-0.3, -0.25) is 4.79 Å². The third-order valence-electron chi connectivity index (χ3n) is 3.64. The molecular weight excluding hydrogens is 292 g/mol. The summed E-state index contributed by atoms with van der Waals surface area (Å²) in [5.41, 5.74) is 1.51. The summed E-state index contributed by atoms with van der Waals surface area (Å²) in [6, 6.07) is 7.51. The molecule has 0 saturated carbocycles. The normalized spacial score (nSPS) is 10.6. The molecule has 1 heterocycles. The molecule has 5 heteroatoms. The van der Waals surface area contributed by atoms with Gasteiger partial charge < -0.3 is 14.5 Å². The SMILES string of the molecule is CCCCCNC(=O)Cc1nc(-c2cccc(OC)c2)oc1C. The number of unbranched alkanes of at least 4 members (excludes halogenated alkanes) is 2. The number of nitrogens with zero attached hydrogens (tertiary/aromatic N) is 1. The number of amides is 1. The van der Waals surface area contributed by atoms with E-state index in [2.05, 4.69) is 17.2 Å². The summed E-state index contributed by atoms with van der Waals surface area (Å²) in [6.45, 7) is 4.68. The van der Waals surface area contributed by atoms with Crippen LogP contribution in [-0.2, 0) is 11.2 Å². The number of aromatic nitrogens is 1. The number of benzene rings is 1. The van der Waals surface area contributed by atoms with Gasteiger partial charge in [0.1, 0.15) is 11.5 Å². The summed E-state index contributed by atoms with van der Waals surface area (Å²) in [5, 5.41) is 2.92. The molecule has 0 bridgehead atoms. The first-order valence-corrected chi connectivity index (χ1v) is 8.01. The lowest BCUT2D eigenvalue weighted by molar-refractivity contribution is -0.120. The highest BCUT2D eigenvalue weighted by Crippen LogP contribution is 2.25. The molecule has 0 radical (unpaired) electrons. The molecule has 0 fully saturated rings. The molecule has 0 saturated heterocycles. The van der Waals surface area contributed by atoms with Crippen LogP contribution in [0, 0.1) is 6.92 Å². The zero-order chi connectivity index (χ0) is 16.7. The van der Waals surface area contributed by atoms with E-state index >= 15 is 0 Å². The Morgan fingerprint density at radius 3 is 2.91 bits per heavy atom. The van der Waals surface area contributed by atoms with Crippen LogP contribution in [0.5, 0.6) is 5.75 Å². The fourth-order valence-corrected chi connectivity index (χ4v) is 2.29. The van der Waals surface area contributed by atoms with Gasteiger partial charge in [0.05, 0.1) is 19.2 Å². The maximum Gasteiger partial charge on any atom is 0.226 e. The number of hydrogen-bond donors (Lipinski definition) is 1. The van der Waals surface area contributed by atoms with Crippen molar-refractivity contribution in [1.29, 1.82) is 0 Å². The number of nitrogens with one attached hydrogen (secondary N) is 1. The zero-order valence-electron chi connectivity index (χ0n) is 14.0. The Kier molecular flexibility index (Phi) is 6.20. The van der Waals surface area contributed by atoms with Gasteiger partial charge in [0.25, 0.3) is 0 Å². The van der Waals surface area contributed by atoms with Crippen LogP contribution in [0.4, 0.5) is 0 Å². The molecule has 0 aliphatic carbocycles. The average molecular weight is 316 g/mol. The van der Waals surface area contributed by atoms with Gasteiger partial charge in [-0.25, -0.2) is 4.98 Å². The third-order valence-corrected chi connectivity index (χ3v) is 3.64. The van der Waals surface area contributed by atoms with Gasteiger partial charge in [-0.1, -0.05) is 25.8 Å². The van der Waals surface area contributed by atoms with Crippen LogP contribution in [0.3, 0.4) is 0 Å². The van der Waals surface area contributed by atoms with Crippen LogP contribution in [0.1, 0.15) is 37.6 Å². The van der Waals surface area contributed by atoms with E-state index < -0.39 is 0 Å². The number of ether oxygens (including phenoxy) is 1. The predicted molar refractivity (Wildman–Crippen MR) is 89.5 cm³/mol. The van der Waals surface area contributed by atoms with Gasteiger partial charge in [-0.05, 0) is 31.5 Å². The van der Waals surface area contributed by atoms with Gasteiger partial charge in [-0.2, -0.15) is 0 Å². The fraction of sp³-hybridized carbons (Fsp3) is 0.444. The lowest BCUT2D eigenvalue weighted by Gasteiger charge is -2.03. The van der Waals surface area contributed by atoms with E-state index in [1.165, 1.54) is 0 Å². The smallest absolute Gasteiger partial charge is 0.226 e. The number of oxazole rings is 1. The van der Waals surface area contributed by atoms with Gasteiger partial charge in [0.15, 0.2) is 0 Å². The van der Waals surface area contributed by atoms with Crippen LogP contribution >= 0.6 is 0 Å². The van der Waals surface area contributed by atoms with Gasteiger partial charge in [0.2, 0.25) is 11.8 Å². The van der Waals surface area contributed by atoms with E-state index in [0.29, 0.717) is 23.9 Å². The topological polar surface area (TPSA) is 64.4 Å². The van der Waals surface area contributed by atoms with Crippen molar-refractivity contribution in [2.75, 3.05) is 13.7 Å². The van der Waals surface area contributed by atoms with Crippen LogP contribution in [0.15, 0.2) is 28.7 Å². The Labute approximate surface area is 137 Å². The second kappa shape index (κ2) is 8.36. The highest BCUT2D eigenvalue weighted by Gasteiger charge is 2.14. The first-order chi connectivity index (χ1) is 11.1. The predicted octanol–water partition coefficient (Wildman–Crippen LogP) is 3.51. The number of carbonyl (C=O) groups is 1. The molecular formula is C18H24N2O3. The molecule has 0 spiro atoms. The van der Waals surface area contributed by atoms with Crippen molar-refractivity contribution in [3.05, 3.63) is 35.7 Å². The van der Waals surface area contributed by atoms with E-state index in [1.54, 1.807) is 7.11 Å². The van der Waals surface area contributed by atoms with Crippen LogP contribution in [0.2, 0.25) is 0 Å². The van der Waals surface area contributed by atoms with E-state index in [1.807, 2.05) is 31.2 Å². The van der Waals surface area contributed by atoms with Crippen molar-refractivity contribution in [2.24, 2.45) is 0 Å². The molecule has 124 valence electrons. The molecule has 0 aliphatic rings. The van der Waals surface area contributed by atoms with Crippen molar-refractivity contribution < 1.29 is 13.9 Å². The summed E-state index contributed by atoms with van der Waals surface area (Å²) in [7, 11) is 1.62. The summed E-state index contributed by atoms with van der Waals surface area (Å²) >= 11 is 0. The highest BCUT2D eigenvalue weighted by molar-refractivity contribution is 5.78. The maximum absolute atomic E-state index is 12.0. The highest BCUT2D eigenvalue weighted by atomic mass is 16.5. The largest absolute Gasteiger partial charge is 0.497 e. The molecule has 1 aromatic carbocycles. The van der Waals surface area contributed by atoms with Gasteiger partial charge in [-0.15, -0.1) is 0 Å². The Hall–Kier alpha value is -2.30. The van der Waals surface area contributed by atoms with Crippen molar-refractivity contribution in [1.82, 2.24) is 10.3 Å². The van der Waals surface area contributed by atoms with Crippen LogP contribution in [0.25, 0.3) is 11.5 Å². The number of carbonyl (C=O) groups excluding carboxylic acids is 1. The minimum atomic E-state index is -0.0188. The Balaban J connectivity index is 2.01. The van der Waals surface area contributed by atoms with E-state index in [0.717, 1.165) is 30.6 Å². The Bertz CT molecular complexity index is 649. The van der Waals surface area contributed by atoms with E-state index in [9.17, 15) is 4.79 Å². The van der Waals surface area contributed by atoms with Crippen LogP contribution in [-0.4, -0.2) is 24.5 Å². The van der Waals surface area contributed by atoms with Crippen molar-refractivity contribution in [3.8, 4) is 17.2 Å². The van der Waals surface area contributed by atoms with Crippen molar-refractivity contribution >= 4 is 5.91 Å². The fourth-order valence-electron chi connectivity index (χ4n) is 2.29. The number of rotatable bonds is 8. The molecule has 0 unspecified atom stereocenters. The minimum Gasteiger partial charge on any atom is -0.497 e. The second-order valence-corrected chi connectivity index (χ2v) is 5.49. The van der Waals surface area contributed by atoms with Gasteiger partial charge >= 0.3 is 0 Å². The Morgan fingerprint density at radius 1 is 1.35 bits per heavy atom. The average Bonchev–Trinajstić information content (AvgIpc) is 2.92. The molecule has 1 N–H and O–H groups in total. The number of aryl methyl sites for hydroxylation is 1. The summed E-state index contributed by atoms with van der Waals surface area (Å²) < 4.78 is 10.9. The Morgan fingerprint density at radius 2 is 2.17 bits per heavy atom. The summed E-state index contributed by atoms with van der Waals surface area (Å²) in [5.74, 6) is 1.91. The molecule has 1 amide bonds. The minimum absolute atomic E-state index is 0.0188.